The first-order valence-corrected chi connectivity index (χ1v) is 5.83. The van der Waals surface area contributed by atoms with Crippen molar-refractivity contribution in [3.63, 3.8) is 0 Å². The van der Waals surface area contributed by atoms with Crippen molar-refractivity contribution < 1.29 is 0 Å². The third-order valence-electron chi connectivity index (χ3n) is 2.24. The number of aryl methyl sites for hydroxylation is 1. The first-order valence-electron chi connectivity index (χ1n) is 4.67. The molecule has 4 nitrogen and oxygen atoms in total. The van der Waals surface area contributed by atoms with Crippen molar-refractivity contribution in [2.45, 2.75) is 18.7 Å². The second-order valence-electron chi connectivity index (χ2n) is 3.28. The maximum absolute atomic E-state index is 5.88. The van der Waals surface area contributed by atoms with Crippen LogP contribution in [-0.2, 0) is 18.7 Å². The minimum atomic E-state index is 0.660. The minimum absolute atomic E-state index is 0.660. The maximum Gasteiger partial charge on any atom is 0.144 e. The second kappa shape index (κ2) is 4.14. The molecule has 0 spiro atoms. The molecule has 0 saturated heterocycles. The summed E-state index contributed by atoms with van der Waals surface area (Å²) in [7, 11) is 1.88. The van der Waals surface area contributed by atoms with Gasteiger partial charge in [0.15, 0.2) is 0 Å². The highest BCUT2D eigenvalue weighted by Gasteiger charge is 2.15. The van der Waals surface area contributed by atoms with E-state index >= 15 is 0 Å². The van der Waals surface area contributed by atoms with Gasteiger partial charge in [0.1, 0.15) is 11.6 Å². The van der Waals surface area contributed by atoms with Crippen LogP contribution < -0.4 is 11.1 Å². The molecule has 5 heteroatoms. The molecule has 0 aromatic carbocycles. The fourth-order valence-electron chi connectivity index (χ4n) is 1.55. The normalized spacial score (nSPS) is 15.2. The zero-order chi connectivity index (χ0) is 9.97. The van der Waals surface area contributed by atoms with E-state index in [-0.39, 0.29) is 0 Å². The second-order valence-corrected chi connectivity index (χ2v) is 4.39. The van der Waals surface area contributed by atoms with Crippen molar-refractivity contribution in [3.05, 3.63) is 17.1 Å². The minimum Gasteiger partial charge on any atom is -0.383 e. The summed E-state index contributed by atoms with van der Waals surface area (Å²) in [6, 6.07) is 0. The monoisotopic (exact) mass is 210 g/mol. The van der Waals surface area contributed by atoms with Crippen LogP contribution >= 0.6 is 11.8 Å². The Labute approximate surface area is 87.7 Å². The molecular weight excluding hydrogens is 196 g/mol. The van der Waals surface area contributed by atoms with Crippen molar-refractivity contribution >= 4 is 17.6 Å². The highest BCUT2D eigenvalue weighted by molar-refractivity contribution is 7.98. The fourth-order valence-corrected chi connectivity index (χ4v) is 2.55. The van der Waals surface area contributed by atoms with Crippen LogP contribution in [0.3, 0.4) is 0 Å². The van der Waals surface area contributed by atoms with E-state index < -0.39 is 0 Å². The summed E-state index contributed by atoms with van der Waals surface area (Å²) in [5.41, 5.74) is 8.16. The van der Waals surface area contributed by atoms with Gasteiger partial charge in [0, 0.05) is 11.3 Å². The number of anilines is 1. The molecule has 0 bridgehead atoms. The third-order valence-corrected chi connectivity index (χ3v) is 3.22. The van der Waals surface area contributed by atoms with Gasteiger partial charge in [0.05, 0.1) is 12.2 Å². The SMILES string of the molecule is CNCc1nc(N)c2c(n1)CCSC2. The Morgan fingerprint density at radius 1 is 1.50 bits per heavy atom. The molecule has 2 heterocycles. The zero-order valence-corrected chi connectivity index (χ0v) is 9.02. The summed E-state index contributed by atoms with van der Waals surface area (Å²) in [4.78, 5) is 8.76. The number of hydrogen-bond acceptors (Lipinski definition) is 5. The highest BCUT2D eigenvalue weighted by atomic mass is 32.2. The summed E-state index contributed by atoms with van der Waals surface area (Å²) in [5.74, 6) is 3.56. The Bertz CT molecular complexity index is 340. The van der Waals surface area contributed by atoms with Crippen LogP contribution in [0.2, 0.25) is 0 Å². The molecule has 1 aliphatic heterocycles. The molecule has 2 rings (SSSR count). The zero-order valence-electron chi connectivity index (χ0n) is 8.21. The van der Waals surface area contributed by atoms with Crippen molar-refractivity contribution in [2.75, 3.05) is 18.5 Å². The molecular formula is C9H14N4S. The van der Waals surface area contributed by atoms with E-state index in [9.17, 15) is 0 Å². The highest BCUT2D eigenvalue weighted by Crippen LogP contribution is 2.26. The Morgan fingerprint density at radius 2 is 2.36 bits per heavy atom. The number of nitrogen functional groups attached to an aromatic ring is 1. The van der Waals surface area contributed by atoms with Gasteiger partial charge >= 0.3 is 0 Å². The average Bonchev–Trinajstić information content (AvgIpc) is 2.18. The molecule has 0 radical (unpaired) electrons. The first kappa shape index (κ1) is 9.73. The number of nitrogens with zero attached hydrogens (tertiary/aromatic N) is 2. The summed E-state index contributed by atoms with van der Waals surface area (Å²) in [5, 5.41) is 3.03. The number of thioether (sulfide) groups is 1. The standard InChI is InChI=1S/C9H14N4S/c1-11-4-8-12-7-2-3-14-5-6(7)9(10)13-8/h11H,2-5H2,1H3,(H2,10,12,13). The van der Waals surface area contributed by atoms with Crippen LogP contribution in [0, 0.1) is 0 Å². The van der Waals surface area contributed by atoms with Gasteiger partial charge < -0.3 is 11.1 Å². The Hall–Kier alpha value is -0.810. The number of rotatable bonds is 2. The van der Waals surface area contributed by atoms with Crippen LogP contribution in [-0.4, -0.2) is 22.8 Å². The maximum atomic E-state index is 5.88. The predicted molar refractivity (Wildman–Crippen MR) is 59.1 cm³/mol. The molecule has 0 fully saturated rings. The van der Waals surface area contributed by atoms with Crippen LogP contribution in [0.1, 0.15) is 17.1 Å². The quantitative estimate of drug-likeness (QED) is 0.747. The Balaban J connectivity index is 2.36. The molecule has 0 atom stereocenters. The lowest BCUT2D eigenvalue weighted by Crippen LogP contribution is -2.16. The van der Waals surface area contributed by atoms with Crippen molar-refractivity contribution in [2.24, 2.45) is 0 Å². The lowest BCUT2D eigenvalue weighted by molar-refractivity contribution is 0.745. The molecule has 1 aromatic rings. The molecule has 0 unspecified atom stereocenters. The van der Waals surface area contributed by atoms with E-state index in [1.165, 1.54) is 0 Å². The number of fused-ring (bicyclic) bond motifs is 1. The van der Waals surface area contributed by atoms with E-state index in [0.29, 0.717) is 12.4 Å². The summed E-state index contributed by atoms with van der Waals surface area (Å²) < 4.78 is 0. The molecule has 0 amide bonds. The van der Waals surface area contributed by atoms with Crippen molar-refractivity contribution in [1.29, 1.82) is 0 Å². The molecule has 14 heavy (non-hydrogen) atoms. The van der Waals surface area contributed by atoms with Gasteiger partial charge in [0.25, 0.3) is 0 Å². The van der Waals surface area contributed by atoms with Crippen molar-refractivity contribution in [3.8, 4) is 0 Å². The smallest absolute Gasteiger partial charge is 0.144 e. The fraction of sp³-hybridized carbons (Fsp3) is 0.556. The number of hydrogen-bond donors (Lipinski definition) is 2. The summed E-state index contributed by atoms with van der Waals surface area (Å²) >= 11 is 1.90. The van der Waals surface area contributed by atoms with Gasteiger partial charge in [-0.3, -0.25) is 0 Å². The molecule has 3 N–H and O–H groups in total. The molecule has 1 aromatic heterocycles. The number of nitrogens with one attached hydrogen (secondary N) is 1. The molecule has 1 aliphatic rings. The Morgan fingerprint density at radius 3 is 3.14 bits per heavy atom. The lowest BCUT2D eigenvalue weighted by Gasteiger charge is -2.16. The summed E-state index contributed by atoms with van der Waals surface area (Å²) in [6.45, 7) is 0.685. The number of aromatic nitrogens is 2. The van der Waals surface area contributed by atoms with E-state index in [4.69, 9.17) is 5.73 Å². The predicted octanol–water partition coefficient (Wildman–Crippen LogP) is 0.567. The third kappa shape index (κ3) is 1.83. The van der Waals surface area contributed by atoms with Gasteiger partial charge in [-0.15, -0.1) is 0 Å². The lowest BCUT2D eigenvalue weighted by atomic mass is 10.2. The van der Waals surface area contributed by atoms with Gasteiger partial charge in [-0.1, -0.05) is 0 Å². The van der Waals surface area contributed by atoms with E-state index in [2.05, 4.69) is 15.3 Å². The van der Waals surface area contributed by atoms with Crippen LogP contribution in [0.5, 0.6) is 0 Å². The largest absolute Gasteiger partial charge is 0.383 e. The molecule has 0 aliphatic carbocycles. The number of nitrogens with two attached hydrogens (primary N) is 1. The van der Waals surface area contributed by atoms with Gasteiger partial charge in [-0.05, 0) is 19.2 Å². The van der Waals surface area contributed by atoms with E-state index in [1.54, 1.807) is 0 Å². The first-order chi connectivity index (χ1) is 6.81. The van der Waals surface area contributed by atoms with Crippen molar-refractivity contribution in [1.82, 2.24) is 15.3 Å². The van der Waals surface area contributed by atoms with Gasteiger partial charge in [0.2, 0.25) is 0 Å². The van der Waals surface area contributed by atoms with E-state index in [1.807, 2.05) is 18.8 Å². The molecule has 0 saturated carbocycles. The topological polar surface area (TPSA) is 63.8 Å². The van der Waals surface area contributed by atoms with Crippen LogP contribution in [0.4, 0.5) is 5.82 Å². The van der Waals surface area contributed by atoms with Gasteiger partial charge in [-0.2, -0.15) is 11.8 Å². The van der Waals surface area contributed by atoms with Gasteiger partial charge in [-0.25, -0.2) is 9.97 Å². The van der Waals surface area contributed by atoms with Crippen LogP contribution in [0.25, 0.3) is 0 Å². The average molecular weight is 210 g/mol. The van der Waals surface area contributed by atoms with E-state index in [0.717, 1.165) is 35.0 Å². The van der Waals surface area contributed by atoms with Crippen LogP contribution in [0.15, 0.2) is 0 Å². The Kier molecular flexibility index (Phi) is 2.88. The summed E-state index contributed by atoms with van der Waals surface area (Å²) in [6.07, 6.45) is 1.02. The molecule has 76 valence electrons.